The predicted molar refractivity (Wildman–Crippen MR) is 70.8 cm³/mol. The number of hydrogen-bond donors (Lipinski definition) is 1. The molecule has 0 saturated carbocycles. The molecule has 0 aliphatic carbocycles. The number of amides is 1. The van der Waals surface area contributed by atoms with E-state index in [9.17, 15) is 4.79 Å². The van der Waals surface area contributed by atoms with Gasteiger partial charge in [-0.3, -0.25) is 4.79 Å². The van der Waals surface area contributed by atoms with Crippen molar-refractivity contribution >= 4 is 5.91 Å². The SMILES string of the molecule is CCN(CC1CCCN1)C(=O)c1cc(C)oc1C. The van der Waals surface area contributed by atoms with Gasteiger partial charge in [-0.15, -0.1) is 0 Å². The van der Waals surface area contributed by atoms with Crippen molar-refractivity contribution in [2.24, 2.45) is 0 Å². The molecule has 1 aromatic rings. The summed E-state index contributed by atoms with van der Waals surface area (Å²) < 4.78 is 5.44. The molecule has 1 unspecified atom stereocenters. The maximum atomic E-state index is 12.4. The summed E-state index contributed by atoms with van der Waals surface area (Å²) in [4.78, 5) is 14.3. The summed E-state index contributed by atoms with van der Waals surface area (Å²) in [5.41, 5.74) is 0.701. The second kappa shape index (κ2) is 5.57. The zero-order valence-corrected chi connectivity index (χ0v) is 11.5. The van der Waals surface area contributed by atoms with Crippen molar-refractivity contribution in [2.75, 3.05) is 19.6 Å². The zero-order chi connectivity index (χ0) is 13.1. The molecule has 2 heterocycles. The standard InChI is InChI=1S/C14H22N2O2/c1-4-16(9-12-6-5-7-15-12)14(17)13-8-10(2)18-11(13)3/h8,12,15H,4-7,9H2,1-3H3. The Morgan fingerprint density at radius 1 is 1.56 bits per heavy atom. The summed E-state index contributed by atoms with van der Waals surface area (Å²) in [5, 5.41) is 3.43. The molecule has 1 fully saturated rings. The molecule has 0 bridgehead atoms. The van der Waals surface area contributed by atoms with Gasteiger partial charge in [0.1, 0.15) is 11.5 Å². The van der Waals surface area contributed by atoms with Crippen LogP contribution in [0, 0.1) is 13.8 Å². The Balaban J connectivity index is 2.07. The van der Waals surface area contributed by atoms with Gasteiger partial charge in [0.2, 0.25) is 0 Å². The van der Waals surface area contributed by atoms with E-state index in [-0.39, 0.29) is 5.91 Å². The summed E-state index contributed by atoms with van der Waals surface area (Å²) in [7, 11) is 0. The molecule has 0 spiro atoms. The van der Waals surface area contributed by atoms with E-state index in [4.69, 9.17) is 4.42 Å². The highest BCUT2D eigenvalue weighted by atomic mass is 16.3. The molecule has 1 saturated heterocycles. The first-order chi connectivity index (χ1) is 8.61. The fraction of sp³-hybridized carbons (Fsp3) is 0.643. The van der Waals surface area contributed by atoms with E-state index in [1.54, 1.807) is 0 Å². The highest BCUT2D eigenvalue weighted by molar-refractivity contribution is 5.95. The van der Waals surface area contributed by atoms with Gasteiger partial charge in [-0.05, 0) is 46.2 Å². The maximum absolute atomic E-state index is 12.4. The van der Waals surface area contributed by atoms with Gasteiger partial charge >= 0.3 is 0 Å². The van der Waals surface area contributed by atoms with Gasteiger partial charge < -0.3 is 14.6 Å². The van der Waals surface area contributed by atoms with Crippen molar-refractivity contribution < 1.29 is 9.21 Å². The Labute approximate surface area is 108 Å². The van der Waals surface area contributed by atoms with Crippen LogP contribution in [0.2, 0.25) is 0 Å². The summed E-state index contributed by atoms with van der Waals surface area (Å²) in [5.74, 6) is 1.60. The summed E-state index contributed by atoms with van der Waals surface area (Å²) in [6.07, 6.45) is 2.37. The third-order valence-corrected chi connectivity index (χ3v) is 3.54. The number of carbonyl (C=O) groups excluding carboxylic acids is 1. The molecular formula is C14H22N2O2. The van der Waals surface area contributed by atoms with Crippen LogP contribution >= 0.6 is 0 Å². The number of carbonyl (C=O) groups is 1. The lowest BCUT2D eigenvalue weighted by molar-refractivity contribution is 0.0749. The minimum atomic E-state index is 0.0838. The first-order valence-corrected chi connectivity index (χ1v) is 6.71. The number of furan rings is 1. The monoisotopic (exact) mass is 250 g/mol. The third-order valence-electron chi connectivity index (χ3n) is 3.54. The average molecular weight is 250 g/mol. The molecule has 4 heteroatoms. The Bertz CT molecular complexity index is 419. The second-order valence-corrected chi connectivity index (χ2v) is 4.96. The van der Waals surface area contributed by atoms with Gasteiger partial charge in [-0.25, -0.2) is 0 Å². The minimum Gasteiger partial charge on any atom is -0.466 e. The Morgan fingerprint density at radius 3 is 2.83 bits per heavy atom. The number of likely N-dealkylation sites (N-methyl/N-ethyl adjacent to an activating group) is 1. The Hall–Kier alpha value is -1.29. The number of aryl methyl sites for hydroxylation is 2. The lowest BCUT2D eigenvalue weighted by Gasteiger charge is -2.24. The number of rotatable bonds is 4. The molecule has 0 aromatic carbocycles. The number of hydrogen-bond acceptors (Lipinski definition) is 3. The van der Waals surface area contributed by atoms with Crippen LogP contribution in [0.15, 0.2) is 10.5 Å². The summed E-state index contributed by atoms with van der Waals surface area (Å²) in [6.45, 7) is 8.34. The van der Waals surface area contributed by atoms with E-state index in [0.29, 0.717) is 11.6 Å². The van der Waals surface area contributed by atoms with Crippen LogP contribution in [0.5, 0.6) is 0 Å². The van der Waals surface area contributed by atoms with Crippen LogP contribution in [-0.4, -0.2) is 36.5 Å². The van der Waals surface area contributed by atoms with Gasteiger partial charge in [0.15, 0.2) is 0 Å². The van der Waals surface area contributed by atoms with Crippen LogP contribution < -0.4 is 5.32 Å². The van der Waals surface area contributed by atoms with Crippen molar-refractivity contribution in [3.05, 3.63) is 23.2 Å². The van der Waals surface area contributed by atoms with Crippen LogP contribution in [0.25, 0.3) is 0 Å². The molecular weight excluding hydrogens is 228 g/mol. The van der Waals surface area contributed by atoms with Gasteiger partial charge in [0, 0.05) is 19.1 Å². The zero-order valence-electron chi connectivity index (χ0n) is 11.5. The molecule has 1 aliphatic heterocycles. The second-order valence-electron chi connectivity index (χ2n) is 4.96. The predicted octanol–water partition coefficient (Wildman–Crippen LogP) is 2.11. The Kier molecular flexibility index (Phi) is 4.07. The number of nitrogens with zero attached hydrogens (tertiary/aromatic N) is 1. The molecule has 1 N–H and O–H groups in total. The van der Waals surface area contributed by atoms with E-state index in [2.05, 4.69) is 5.32 Å². The van der Waals surface area contributed by atoms with Crippen molar-refractivity contribution in [1.82, 2.24) is 10.2 Å². The molecule has 1 atom stereocenters. The lowest BCUT2D eigenvalue weighted by Crippen LogP contribution is -2.41. The normalized spacial score (nSPS) is 19.2. The van der Waals surface area contributed by atoms with Crippen molar-refractivity contribution in [2.45, 2.75) is 39.7 Å². The van der Waals surface area contributed by atoms with E-state index >= 15 is 0 Å². The maximum Gasteiger partial charge on any atom is 0.257 e. The van der Waals surface area contributed by atoms with Crippen molar-refractivity contribution in [3.8, 4) is 0 Å². The highest BCUT2D eigenvalue weighted by Gasteiger charge is 2.23. The van der Waals surface area contributed by atoms with Crippen molar-refractivity contribution in [3.63, 3.8) is 0 Å². The third kappa shape index (κ3) is 2.75. The van der Waals surface area contributed by atoms with E-state index in [1.165, 1.54) is 6.42 Å². The first-order valence-electron chi connectivity index (χ1n) is 6.71. The molecule has 2 rings (SSSR count). The van der Waals surface area contributed by atoms with Gasteiger partial charge in [-0.2, -0.15) is 0 Å². The number of nitrogens with one attached hydrogen (secondary N) is 1. The van der Waals surface area contributed by atoms with Crippen LogP contribution in [-0.2, 0) is 0 Å². The quantitative estimate of drug-likeness (QED) is 0.890. The van der Waals surface area contributed by atoms with E-state index in [1.807, 2.05) is 31.7 Å². The minimum absolute atomic E-state index is 0.0838. The first kappa shape index (κ1) is 13.1. The smallest absolute Gasteiger partial charge is 0.257 e. The molecule has 0 radical (unpaired) electrons. The lowest BCUT2D eigenvalue weighted by atomic mass is 10.1. The van der Waals surface area contributed by atoms with Crippen LogP contribution in [0.1, 0.15) is 41.6 Å². The molecule has 1 aromatic heterocycles. The molecule has 4 nitrogen and oxygen atoms in total. The fourth-order valence-electron chi connectivity index (χ4n) is 2.55. The van der Waals surface area contributed by atoms with Crippen molar-refractivity contribution in [1.29, 1.82) is 0 Å². The van der Waals surface area contributed by atoms with Crippen LogP contribution in [0.4, 0.5) is 0 Å². The van der Waals surface area contributed by atoms with E-state index < -0.39 is 0 Å². The average Bonchev–Trinajstić information content (AvgIpc) is 2.95. The summed E-state index contributed by atoms with van der Waals surface area (Å²) >= 11 is 0. The molecule has 1 aliphatic rings. The molecule has 100 valence electrons. The van der Waals surface area contributed by atoms with E-state index in [0.717, 1.165) is 37.6 Å². The largest absolute Gasteiger partial charge is 0.466 e. The highest BCUT2D eigenvalue weighted by Crippen LogP contribution is 2.17. The topological polar surface area (TPSA) is 45.5 Å². The van der Waals surface area contributed by atoms with Gasteiger partial charge in [0.05, 0.1) is 5.56 Å². The summed E-state index contributed by atoms with van der Waals surface area (Å²) in [6, 6.07) is 2.28. The fourth-order valence-corrected chi connectivity index (χ4v) is 2.55. The Morgan fingerprint density at radius 2 is 2.33 bits per heavy atom. The van der Waals surface area contributed by atoms with Crippen LogP contribution in [0.3, 0.4) is 0 Å². The van der Waals surface area contributed by atoms with Gasteiger partial charge in [-0.1, -0.05) is 0 Å². The van der Waals surface area contributed by atoms with Gasteiger partial charge in [0.25, 0.3) is 5.91 Å². The molecule has 18 heavy (non-hydrogen) atoms. The molecule has 1 amide bonds.